The normalized spacial score (nSPS) is 22.5. The molecule has 2 unspecified atom stereocenters. The van der Waals surface area contributed by atoms with Gasteiger partial charge in [-0.3, -0.25) is 29.2 Å². The lowest BCUT2D eigenvalue weighted by Gasteiger charge is -2.26. The third kappa shape index (κ3) is 4.77. The molecule has 3 aliphatic rings. The maximum atomic E-state index is 13.1. The molecule has 1 saturated carbocycles. The van der Waals surface area contributed by atoms with Gasteiger partial charge in [-0.15, -0.1) is 0 Å². The van der Waals surface area contributed by atoms with E-state index in [1.54, 1.807) is 12.1 Å². The van der Waals surface area contributed by atoms with E-state index in [4.69, 9.17) is 0 Å². The third-order valence-electron chi connectivity index (χ3n) is 7.08. The molecule has 182 valence electrons. The summed E-state index contributed by atoms with van der Waals surface area (Å²) in [5.41, 5.74) is 1.51. The molecule has 2 atom stereocenters. The van der Waals surface area contributed by atoms with E-state index in [1.165, 1.54) is 18.2 Å². The molecule has 2 fully saturated rings. The van der Waals surface area contributed by atoms with Gasteiger partial charge >= 0.3 is 0 Å². The predicted octanol–water partition coefficient (Wildman–Crippen LogP) is 3.58. The number of benzene rings is 2. The van der Waals surface area contributed by atoms with Crippen LogP contribution in [0.3, 0.4) is 0 Å². The Morgan fingerprint density at radius 3 is 2.37 bits per heavy atom. The summed E-state index contributed by atoms with van der Waals surface area (Å²) >= 11 is 0. The maximum Gasteiger partial charge on any atom is 0.262 e. The highest BCUT2D eigenvalue weighted by molar-refractivity contribution is 7.92. The summed E-state index contributed by atoms with van der Waals surface area (Å²) in [4.78, 5) is 49.5. The van der Waals surface area contributed by atoms with Crippen LogP contribution < -0.4 is 10.0 Å². The van der Waals surface area contributed by atoms with Crippen molar-refractivity contribution in [2.24, 2.45) is 11.8 Å². The van der Waals surface area contributed by atoms with Gasteiger partial charge in [0.1, 0.15) is 0 Å². The van der Waals surface area contributed by atoms with Gasteiger partial charge in [-0.2, -0.15) is 0 Å². The van der Waals surface area contributed by atoms with Crippen LogP contribution in [-0.4, -0.2) is 31.8 Å². The lowest BCUT2D eigenvalue weighted by atomic mass is 9.78. The Kier molecular flexibility index (Phi) is 6.04. The van der Waals surface area contributed by atoms with Crippen LogP contribution in [0, 0.1) is 11.8 Å². The Bertz CT molecular complexity index is 1350. The van der Waals surface area contributed by atoms with Crippen molar-refractivity contribution in [1.82, 2.24) is 5.32 Å². The summed E-state index contributed by atoms with van der Waals surface area (Å²) < 4.78 is 28.7. The van der Waals surface area contributed by atoms with E-state index >= 15 is 0 Å². The second-order valence-corrected chi connectivity index (χ2v) is 11.2. The van der Waals surface area contributed by atoms with Gasteiger partial charge in [0.15, 0.2) is 11.6 Å². The standard InChI is InChI=1S/C26H26N2O6S/c29-22-13-17(8-7-16-9-12-24(30)27-26(16)32)25(31)20-11-10-18(14-21(20)22)28-35(33,34)23-4-2-1-3-19(23)15-5-6-15/h1-4,10-11,14-17,28H,5-9,12-13H2,(H,27,30,32). The highest BCUT2D eigenvalue weighted by Crippen LogP contribution is 2.43. The number of amides is 2. The molecule has 1 aliphatic heterocycles. The summed E-state index contributed by atoms with van der Waals surface area (Å²) in [6.45, 7) is 0. The second-order valence-electron chi connectivity index (χ2n) is 9.59. The SMILES string of the molecule is O=C1CCC(CCC2CC(=O)c3cc(NS(=O)(=O)c4ccccc4C4CC4)ccc3C2=O)C(=O)N1. The Labute approximate surface area is 203 Å². The number of hydrogen-bond acceptors (Lipinski definition) is 6. The number of rotatable bonds is 7. The van der Waals surface area contributed by atoms with Crippen molar-refractivity contribution in [3.8, 4) is 0 Å². The molecule has 2 amide bonds. The summed E-state index contributed by atoms with van der Waals surface area (Å²) in [7, 11) is -3.86. The zero-order chi connectivity index (χ0) is 24.7. The molecule has 0 radical (unpaired) electrons. The number of carbonyl (C=O) groups is 4. The average Bonchev–Trinajstić information content (AvgIpc) is 3.67. The number of carbonyl (C=O) groups excluding carboxylic acids is 4. The fraction of sp³-hybridized carbons (Fsp3) is 0.385. The van der Waals surface area contributed by atoms with Crippen LogP contribution in [0.4, 0.5) is 5.69 Å². The largest absolute Gasteiger partial charge is 0.296 e. The van der Waals surface area contributed by atoms with Gasteiger partial charge in [0, 0.05) is 41.5 Å². The molecular weight excluding hydrogens is 468 g/mol. The van der Waals surface area contributed by atoms with Crippen LogP contribution in [0.15, 0.2) is 47.4 Å². The van der Waals surface area contributed by atoms with Gasteiger partial charge in [-0.05, 0) is 67.9 Å². The van der Waals surface area contributed by atoms with Crippen LogP contribution in [0.25, 0.3) is 0 Å². The summed E-state index contributed by atoms with van der Waals surface area (Å²) in [5, 5.41) is 2.32. The highest BCUT2D eigenvalue weighted by Gasteiger charge is 2.35. The van der Waals surface area contributed by atoms with E-state index in [9.17, 15) is 27.6 Å². The van der Waals surface area contributed by atoms with E-state index in [1.807, 2.05) is 12.1 Å². The van der Waals surface area contributed by atoms with E-state index in [-0.39, 0.29) is 69.8 Å². The number of nitrogens with one attached hydrogen (secondary N) is 2. The molecular formula is C26H26N2O6S. The lowest BCUT2D eigenvalue weighted by molar-refractivity contribution is -0.136. The first-order valence-electron chi connectivity index (χ1n) is 11.9. The molecule has 1 heterocycles. The molecule has 8 nitrogen and oxygen atoms in total. The average molecular weight is 495 g/mol. The molecule has 35 heavy (non-hydrogen) atoms. The van der Waals surface area contributed by atoms with E-state index in [0.717, 1.165) is 18.4 Å². The molecule has 5 rings (SSSR count). The first-order valence-corrected chi connectivity index (χ1v) is 13.4. The minimum Gasteiger partial charge on any atom is -0.296 e. The van der Waals surface area contributed by atoms with Crippen LogP contribution in [-0.2, 0) is 19.6 Å². The Morgan fingerprint density at radius 1 is 0.886 bits per heavy atom. The Morgan fingerprint density at radius 2 is 1.63 bits per heavy atom. The minimum atomic E-state index is -3.86. The number of anilines is 1. The summed E-state index contributed by atoms with van der Waals surface area (Å²) in [6, 6.07) is 11.4. The van der Waals surface area contributed by atoms with Crippen molar-refractivity contribution in [3.63, 3.8) is 0 Å². The van der Waals surface area contributed by atoms with Crippen molar-refractivity contribution in [2.45, 2.75) is 55.8 Å². The minimum absolute atomic E-state index is 0.0137. The molecule has 2 aliphatic carbocycles. The first kappa shape index (κ1) is 23.4. The fourth-order valence-electron chi connectivity index (χ4n) is 5.02. The van der Waals surface area contributed by atoms with Crippen molar-refractivity contribution in [1.29, 1.82) is 0 Å². The van der Waals surface area contributed by atoms with Gasteiger partial charge in [-0.1, -0.05) is 18.2 Å². The van der Waals surface area contributed by atoms with Crippen molar-refractivity contribution in [3.05, 3.63) is 59.2 Å². The maximum absolute atomic E-state index is 13.1. The van der Waals surface area contributed by atoms with Crippen LogP contribution in [0.2, 0.25) is 0 Å². The van der Waals surface area contributed by atoms with E-state index < -0.39 is 15.9 Å². The molecule has 0 bridgehead atoms. The Hall–Kier alpha value is -3.33. The second kappa shape index (κ2) is 9.03. The van der Waals surface area contributed by atoms with E-state index in [2.05, 4.69) is 10.0 Å². The number of Topliss-reactive ketones (excluding diaryl/α,β-unsaturated/α-hetero) is 2. The van der Waals surface area contributed by atoms with Crippen LogP contribution in [0.5, 0.6) is 0 Å². The number of sulfonamides is 1. The summed E-state index contributed by atoms with van der Waals surface area (Å²) in [6.07, 6.45) is 3.47. The molecule has 2 N–H and O–H groups in total. The van der Waals surface area contributed by atoms with Gasteiger partial charge in [0.25, 0.3) is 10.0 Å². The molecule has 9 heteroatoms. The Balaban J connectivity index is 1.31. The zero-order valence-corrected chi connectivity index (χ0v) is 19.9. The van der Waals surface area contributed by atoms with Gasteiger partial charge in [0.05, 0.1) is 4.90 Å². The number of piperidine rings is 1. The molecule has 2 aromatic carbocycles. The zero-order valence-electron chi connectivity index (χ0n) is 19.1. The van der Waals surface area contributed by atoms with E-state index in [0.29, 0.717) is 19.3 Å². The molecule has 1 saturated heterocycles. The number of ketones is 2. The predicted molar refractivity (Wildman–Crippen MR) is 128 cm³/mol. The third-order valence-corrected chi connectivity index (χ3v) is 8.54. The molecule has 0 spiro atoms. The smallest absolute Gasteiger partial charge is 0.262 e. The quantitative estimate of drug-likeness (QED) is 0.567. The molecule has 2 aromatic rings. The van der Waals surface area contributed by atoms with Crippen LogP contribution in [0.1, 0.15) is 77.1 Å². The van der Waals surface area contributed by atoms with Crippen molar-refractivity contribution in [2.75, 3.05) is 4.72 Å². The first-order chi connectivity index (χ1) is 16.7. The topological polar surface area (TPSA) is 126 Å². The van der Waals surface area contributed by atoms with Crippen LogP contribution >= 0.6 is 0 Å². The molecule has 0 aromatic heterocycles. The van der Waals surface area contributed by atoms with Gasteiger partial charge in [0.2, 0.25) is 11.8 Å². The van der Waals surface area contributed by atoms with Crippen molar-refractivity contribution >= 4 is 39.1 Å². The van der Waals surface area contributed by atoms with Gasteiger partial charge in [-0.25, -0.2) is 8.42 Å². The monoisotopic (exact) mass is 494 g/mol. The number of fused-ring (bicyclic) bond motifs is 1. The number of imide groups is 1. The van der Waals surface area contributed by atoms with Crippen molar-refractivity contribution < 1.29 is 27.6 Å². The van der Waals surface area contributed by atoms with Gasteiger partial charge < -0.3 is 0 Å². The lowest BCUT2D eigenvalue weighted by Crippen LogP contribution is -2.41. The highest BCUT2D eigenvalue weighted by atomic mass is 32.2. The number of hydrogen-bond donors (Lipinski definition) is 2. The fourth-order valence-corrected chi connectivity index (χ4v) is 6.37. The summed E-state index contributed by atoms with van der Waals surface area (Å²) in [5.74, 6) is -1.64.